The Morgan fingerprint density at radius 1 is 0.938 bits per heavy atom. The fourth-order valence-corrected chi connectivity index (χ4v) is 5.74. The van der Waals surface area contributed by atoms with Gasteiger partial charge in [-0.2, -0.15) is 4.31 Å². The number of aryl methyl sites for hydroxylation is 1. The SMILES string of the molecule is Cc1ccc(S(=O)(=O)N2CCCN(C(=O)c3cccc(CN4CCCC4=O)c3)CC2)cc1. The van der Waals surface area contributed by atoms with Crippen LogP contribution in [0.25, 0.3) is 0 Å². The predicted molar refractivity (Wildman–Crippen MR) is 122 cm³/mol. The molecule has 0 spiro atoms. The minimum atomic E-state index is -3.58. The molecule has 0 unspecified atom stereocenters. The number of hydrogen-bond acceptors (Lipinski definition) is 4. The number of carbonyl (C=O) groups excluding carboxylic acids is 2. The Balaban J connectivity index is 1.43. The largest absolute Gasteiger partial charge is 0.338 e. The molecule has 2 aromatic carbocycles. The second-order valence-electron chi connectivity index (χ2n) is 8.48. The molecule has 0 atom stereocenters. The first-order valence-electron chi connectivity index (χ1n) is 11.1. The van der Waals surface area contributed by atoms with Gasteiger partial charge in [-0.1, -0.05) is 29.8 Å². The molecule has 0 aromatic heterocycles. The molecule has 2 saturated heterocycles. The first kappa shape index (κ1) is 22.5. The lowest BCUT2D eigenvalue weighted by atomic mass is 10.1. The fraction of sp³-hybridized carbons (Fsp3) is 0.417. The molecule has 0 saturated carbocycles. The maximum Gasteiger partial charge on any atom is 0.253 e. The molecule has 2 fully saturated rings. The second-order valence-corrected chi connectivity index (χ2v) is 10.4. The van der Waals surface area contributed by atoms with Crippen molar-refractivity contribution in [3.63, 3.8) is 0 Å². The molecule has 0 N–H and O–H groups in total. The molecule has 2 amide bonds. The van der Waals surface area contributed by atoms with E-state index in [1.54, 1.807) is 35.2 Å². The van der Waals surface area contributed by atoms with Gasteiger partial charge in [-0.3, -0.25) is 9.59 Å². The van der Waals surface area contributed by atoms with Crippen LogP contribution >= 0.6 is 0 Å². The topological polar surface area (TPSA) is 78.0 Å². The molecule has 32 heavy (non-hydrogen) atoms. The molecule has 0 radical (unpaired) electrons. The van der Waals surface area contributed by atoms with E-state index in [2.05, 4.69) is 0 Å². The third-order valence-electron chi connectivity index (χ3n) is 6.12. The van der Waals surface area contributed by atoms with E-state index >= 15 is 0 Å². The summed E-state index contributed by atoms with van der Waals surface area (Å²) >= 11 is 0. The molecule has 0 bridgehead atoms. The number of hydrogen-bond donors (Lipinski definition) is 0. The molecule has 0 aliphatic carbocycles. The predicted octanol–water partition coefficient (Wildman–Crippen LogP) is 2.65. The highest BCUT2D eigenvalue weighted by Gasteiger charge is 2.28. The first-order valence-corrected chi connectivity index (χ1v) is 12.5. The number of sulfonamides is 1. The van der Waals surface area contributed by atoms with Gasteiger partial charge < -0.3 is 9.80 Å². The van der Waals surface area contributed by atoms with Gasteiger partial charge >= 0.3 is 0 Å². The highest BCUT2D eigenvalue weighted by atomic mass is 32.2. The van der Waals surface area contributed by atoms with E-state index in [1.807, 2.05) is 30.0 Å². The van der Waals surface area contributed by atoms with Gasteiger partial charge in [-0.25, -0.2) is 8.42 Å². The van der Waals surface area contributed by atoms with Crippen molar-refractivity contribution in [2.24, 2.45) is 0 Å². The van der Waals surface area contributed by atoms with Crippen LogP contribution in [0.4, 0.5) is 0 Å². The van der Waals surface area contributed by atoms with Crippen molar-refractivity contribution in [1.82, 2.24) is 14.1 Å². The number of carbonyl (C=O) groups is 2. The van der Waals surface area contributed by atoms with Gasteiger partial charge in [0.2, 0.25) is 15.9 Å². The zero-order chi connectivity index (χ0) is 22.7. The summed E-state index contributed by atoms with van der Waals surface area (Å²) in [7, 11) is -3.58. The molecule has 2 heterocycles. The summed E-state index contributed by atoms with van der Waals surface area (Å²) in [4.78, 5) is 28.9. The van der Waals surface area contributed by atoms with E-state index in [0.29, 0.717) is 44.6 Å². The van der Waals surface area contributed by atoms with Crippen LogP contribution in [0.3, 0.4) is 0 Å². The van der Waals surface area contributed by atoms with Gasteiger partial charge in [-0.05, 0) is 49.6 Å². The van der Waals surface area contributed by atoms with Crippen molar-refractivity contribution >= 4 is 21.8 Å². The average molecular weight is 456 g/mol. The van der Waals surface area contributed by atoms with Crippen molar-refractivity contribution in [2.45, 2.75) is 37.6 Å². The van der Waals surface area contributed by atoms with Gasteiger partial charge in [0.15, 0.2) is 0 Å². The molecule has 4 rings (SSSR count). The van der Waals surface area contributed by atoms with E-state index in [4.69, 9.17) is 0 Å². The molecule has 8 heteroatoms. The van der Waals surface area contributed by atoms with Crippen LogP contribution in [0.15, 0.2) is 53.4 Å². The van der Waals surface area contributed by atoms with Gasteiger partial charge in [0.1, 0.15) is 0 Å². The quantitative estimate of drug-likeness (QED) is 0.695. The number of amides is 2. The summed E-state index contributed by atoms with van der Waals surface area (Å²) in [5, 5.41) is 0. The minimum Gasteiger partial charge on any atom is -0.338 e. The van der Waals surface area contributed by atoms with Gasteiger partial charge in [0, 0.05) is 51.3 Å². The Morgan fingerprint density at radius 2 is 1.72 bits per heavy atom. The van der Waals surface area contributed by atoms with Crippen LogP contribution in [0.5, 0.6) is 0 Å². The summed E-state index contributed by atoms with van der Waals surface area (Å²) in [5.74, 6) is 0.0540. The zero-order valence-corrected chi connectivity index (χ0v) is 19.2. The Bertz CT molecular complexity index is 1100. The molecular formula is C24H29N3O4S. The maximum absolute atomic E-state index is 13.1. The summed E-state index contributed by atoms with van der Waals surface area (Å²) < 4.78 is 27.5. The molecule has 2 aliphatic heterocycles. The smallest absolute Gasteiger partial charge is 0.253 e. The third kappa shape index (κ3) is 4.86. The Kier molecular flexibility index (Phi) is 6.62. The van der Waals surface area contributed by atoms with E-state index in [0.717, 1.165) is 24.1 Å². The second kappa shape index (κ2) is 9.42. The van der Waals surface area contributed by atoms with Crippen LogP contribution in [0.1, 0.15) is 40.7 Å². The van der Waals surface area contributed by atoms with E-state index in [1.165, 1.54) is 4.31 Å². The molecule has 7 nitrogen and oxygen atoms in total. The minimum absolute atomic E-state index is 0.103. The Hall–Kier alpha value is -2.71. The molecule has 170 valence electrons. The Labute approximate surface area is 189 Å². The van der Waals surface area contributed by atoms with Crippen LogP contribution in [0, 0.1) is 6.92 Å². The van der Waals surface area contributed by atoms with Crippen LogP contribution in [-0.2, 0) is 21.4 Å². The van der Waals surface area contributed by atoms with E-state index < -0.39 is 10.0 Å². The van der Waals surface area contributed by atoms with Crippen LogP contribution in [-0.4, -0.2) is 67.1 Å². The van der Waals surface area contributed by atoms with Crippen LogP contribution < -0.4 is 0 Å². The maximum atomic E-state index is 13.1. The van der Waals surface area contributed by atoms with E-state index in [-0.39, 0.29) is 23.3 Å². The average Bonchev–Trinajstić information content (AvgIpc) is 3.02. The van der Waals surface area contributed by atoms with Crippen molar-refractivity contribution in [1.29, 1.82) is 0 Å². The summed E-state index contributed by atoms with van der Waals surface area (Å²) in [6, 6.07) is 14.3. The summed E-state index contributed by atoms with van der Waals surface area (Å²) in [6.45, 7) is 4.70. The first-order chi connectivity index (χ1) is 15.3. The zero-order valence-electron chi connectivity index (χ0n) is 18.4. The van der Waals surface area contributed by atoms with Gasteiger partial charge in [0.25, 0.3) is 5.91 Å². The number of benzene rings is 2. The standard InChI is InChI=1S/C24H29N3O4S/c1-19-8-10-22(11-9-19)32(30,31)27-14-4-13-25(15-16-27)24(29)21-6-2-5-20(17-21)18-26-12-3-7-23(26)28/h2,5-6,8-11,17H,3-4,7,12-16,18H2,1H3. The summed E-state index contributed by atoms with van der Waals surface area (Å²) in [5.41, 5.74) is 2.52. The highest BCUT2D eigenvalue weighted by molar-refractivity contribution is 7.89. The summed E-state index contributed by atoms with van der Waals surface area (Å²) in [6.07, 6.45) is 2.06. The van der Waals surface area contributed by atoms with Gasteiger partial charge in [-0.15, -0.1) is 0 Å². The lowest BCUT2D eigenvalue weighted by molar-refractivity contribution is -0.128. The highest BCUT2D eigenvalue weighted by Crippen LogP contribution is 2.20. The third-order valence-corrected chi connectivity index (χ3v) is 8.03. The van der Waals surface area contributed by atoms with E-state index in [9.17, 15) is 18.0 Å². The van der Waals surface area contributed by atoms with Crippen molar-refractivity contribution in [3.8, 4) is 0 Å². The number of likely N-dealkylation sites (tertiary alicyclic amines) is 1. The lowest BCUT2D eigenvalue weighted by Crippen LogP contribution is -2.37. The van der Waals surface area contributed by atoms with Gasteiger partial charge in [0.05, 0.1) is 4.90 Å². The normalized spacial score (nSPS) is 18.1. The molecular weight excluding hydrogens is 426 g/mol. The number of rotatable bonds is 5. The fourth-order valence-electron chi connectivity index (χ4n) is 4.27. The lowest BCUT2D eigenvalue weighted by Gasteiger charge is -2.22. The molecule has 2 aromatic rings. The van der Waals surface area contributed by atoms with Crippen molar-refractivity contribution in [2.75, 3.05) is 32.7 Å². The van der Waals surface area contributed by atoms with Crippen molar-refractivity contribution in [3.05, 3.63) is 65.2 Å². The Morgan fingerprint density at radius 3 is 2.44 bits per heavy atom. The number of nitrogens with zero attached hydrogens (tertiary/aromatic N) is 3. The van der Waals surface area contributed by atoms with Crippen LogP contribution in [0.2, 0.25) is 0 Å². The monoisotopic (exact) mass is 455 g/mol. The van der Waals surface area contributed by atoms with Crippen molar-refractivity contribution < 1.29 is 18.0 Å². The molecule has 2 aliphatic rings.